The molecule has 5 heteroatoms. The molecule has 5 nitrogen and oxygen atoms in total. The molecular weight excluding hydrogens is 204 g/mol. The third-order valence-corrected chi connectivity index (χ3v) is 2.35. The summed E-state index contributed by atoms with van der Waals surface area (Å²) in [5, 5.41) is 0. The molecule has 0 aliphatic carbocycles. The summed E-state index contributed by atoms with van der Waals surface area (Å²) in [5.74, 6) is 0. The Kier molecular flexibility index (Phi) is 3.38. The van der Waals surface area contributed by atoms with Gasteiger partial charge in [-0.05, 0) is 12.1 Å². The number of nitrogens with zero attached hydrogens (tertiary/aromatic N) is 2. The van der Waals surface area contributed by atoms with Gasteiger partial charge in [0.05, 0.1) is 0 Å². The summed E-state index contributed by atoms with van der Waals surface area (Å²) in [6.07, 6.45) is 0. The lowest BCUT2D eigenvalue weighted by molar-refractivity contribution is 0.567. The SMILES string of the molecule is NCCN(CCN)c1nc2ccccc2o1. The molecule has 0 atom stereocenters. The highest BCUT2D eigenvalue weighted by Gasteiger charge is 2.11. The summed E-state index contributed by atoms with van der Waals surface area (Å²) in [6, 6.07) is 8.27. The van der Waals surface area contributed by atoms with Crippen molar-refractivity contribution >= 4 is 17.1 Å². The van der Waals surface area contributed by atoms with E-state index in [1.165, 1.54) is 0 Å². The normalized spacial score (nSPS) is 10.9. The second kappa shape index (κ2) is 4.96. The first kappa shape index (κ1) is 10.9. The number of oxazole rings is 1. The maximum atomic E-state index is 5.64. The third kappa shape index (κ3) is 2.15. The Bertz CT molecular complexity index is 415. The van der Waals surface area contributed by atoms with Crippen LogP contribution in [0.5, 0.6) is 0 Å². The number of para-hydroxylation sites is 2. The number of fused-ring (bicyclic) bond motifs is 1. The molecule has 1 aromatic carbocycles. The van der Waals surface area contributed by atoms with Crippen molar-refractivity contribution in [2.75, 3.05) is 31.1 Å². The lowest BCUT2D eigenvalue weighted by Gasteiger charge is -2.18. The van der Waals surface area contributed by atoms with Crippen LogP contribution in [0.2, 0.25) is 0 Å². The fraction of sp³-hybridized carbons (Fsp3) is 0.364. The maximum absolute atomic E-state index is 5.64. The summed E-state index contributed by atoms with van der Waals surface area (Å²) in [5.41, 5.74) is 12.7. The molecule has 1 heterocycles. The van der Waals surface area contributed by atoms with Gasteiger partial charge in [-0.1, -0.05) is 12.1 Å². The van der Waals surface area contributed by atoms with Gasteiger partial charge in [0.15, 0.2) is 5.58 Å². The van der Waals surface area contributed by atoms with E-state index in [2.05, 4.69) is 4.98 Å². The van der Waals surface area contributed by atoms with Gasteiger partial charge in [0.25, 0.3) is 6.01 Å². The Morgan fingerprint density at radius 2 is 1.81 bits per heavy atom. The standard InChI is InChI=1S/C11H16N4O/c12-5-7-15(8-6-13)11-14-9-3-1-2-4-10(9)16-11/h1-4H,5-8,12-13H2. The molecule has 16 heavy (non-hydrogen) atoms. The Morgan fingerprint density at radius 3 is 2.44 bits per heavy atom. The van der Waals surface area contributed by atoms with E-state index in [4.69, 9.17) is 15.9 Å². The van der Waals surface area contributed by atoms with Gasteiger partial charge in [0, 0.05) is 26.2 Å². The number of hydrogen-bond acceptors (Lipinski definition) is 5. The van der Waals surface area contributed by atoms with Gasteiger partial charge in [-0.2, -0.15) is 4.98 Å². The van der Waals surface area contributed by atoms with Crippen LogP contribution in [0.25, 0.3) is 11.1 Å². The van der Waals surface area contributed by atoms with E-state index in [0.29, 0.717) is 32.2 Å². The maximum Gasteiger partial charge on any atom is 0.298 e. The van der Waals surface area contributed by atoms with Gasteiger partial charge in [-0.15, -0.1) is 0 Å². The molecule has 0 spiro atoms. The van der Waals surface area contributed by atoms with Gasteiger partial charge in [-0.3, -0.25) is 0 Å². The smallest absolute Gasteiger partial charge is 0.298 e. The Hall–Kier alpha value is -1.59. The fourth-order valence-electron chi connectivity index (χ4n) is 1.61. The van der Waals surface area contributed by atoms with Crippen LogP contribution < -0.4 is 16.4 Å². The minimum absolute atomic E-state index is 0.554. The second-order valence-corrected chi connectivity index (χ2v) is 3.53. The van der Waals surface area contributed by atoms with Crippen LogP contribution in [0.1, 0.15) is 0 Å². The number of anilines is 1. The topological polar surface area (TPSA) is 81.3 Å². The highest BCUT2D eigenvalue weighted by atomic mass is 16.4. The minimum Gasteiger partial charge on any atom is -0.423 e. The molecule has 0 bridgehead atoms. The summed E-state index contributed by atoms with van der Waals surface area (Å²) in [6.45, 7) is 2.51. The average molecular weight is 220 g/mol. The Labute approximate surface area is 94.0 Å². The van der Waals surface area contributed by atoms with Crippen LogP contribution in [0.4, 0.5) is 6.01 Å². The molecule has 0 unspecified atom stereocenters. The Morgan fingerprint density at radius 1 is 1.12 bits per heavy atom. The summed E-state index contributed by atoms with van der Waals surface area (Å²) in [7, 11) is 0. The molecule has 2 rings (SSSR count). The molecule has 1 aromatic heterocycles. The van der Waals surface area contributed by atoms with Crippen LogP contribution in [0.15, 0.2) is 28.7 Å². The fourth-order valence-corrected chi connectivity index (χ4v) is 1.61. The minimum atomic E-state index is 0.554. The number of aromatic nitrogens is 1. The monoisotopic (exact) mass is 220 g/mol. The van der Waals surface area contributed by atoms with E-state index < -0.39 is 0 Å². The van der Waals surface area contributed by atoms with Crippen molar-refractivity contribution in [3.05, 3.63) is 24.3 Å². The van der Waals surface area contributed by atoms with E-state index in [9.17, 15) is 0 Å². The molecule has 0 amide bonds. The number of nitrogens with two attached hydrogens (primary N) is 2. The van der Waals surface area contributed by atoms with Crippen molar-refractivity contribution in [3.63, 3.8) is 0 Å². The predicted octanol–water partition coefficient (Wildman–Crippen LogP) is 0.552. The molecule has 0 aliphatic rings. The van der Waals surface area contributed by atoms with Gasteiger partial charge in [-0.25, -0.2) is 0 Å². The highest BCUT2D eigenvalue weighted by molar-refractivity contribution is 5.74. The molecule has 0 aliphatic heterocycles. The zero-order valence-electron chi connectivity index (χ0n) is 9.10. The van der Waals surface area contributed by atoms with Crippen LogP contribution in [0, 0.1) is 0 Å². The molecule has 0 radical (unpaired) electrons. The van der Waals surface area contributed by atoms with Crippen LogP contribution in [-0.4, -0.2) is 31.2 Å². The largest absolute Gasteiger partial charge is 0.423 e. The van der Waals surface area contributed by atoms with E-state index in [0.717, 1.165) is 11.1 Å². The second-order valence-electron chi connectivity index (χ2n) is 3.53. The molecular formula is C11H16N4O. The zero-order chi connectivity index (χ0) is 11.4. The van der Waals surface area contributed by atoms with Crippen molar-refractivity contribution in [2.24, 2.45) is 11.5 Å². The quantitative estimate of drug-likeness (QED) is 0.769. The molecule has 2 aromatic rings. The number of rotatable bonds is 5. The van der Waals surface area contributed by atoms with Crippen molar-refractivity contribution in [1.82, 2.24) is 4.98 Å². The Balaban J connectivity index is 2.29. The zero-order valence-corrected chi connectivity index (χ0v) is 9.10. The highest BCUT2D eigenvalue weighted by Crippen LogP contribution is 2.20. The van der Waals surface area contributed by atoms with Crippen molar-refractivity contribution < 1.29 is 4.42 Å². The first-order valence-corrected chi connectivity index (χ1v) is 5.36. The van der Waals surface area contributed by atoms with Crippen molar-refractivity contribution in [1.29, 1.82) is 0 Å². The lowest BCUT2D eigenvalue weighted by atomic mass is 10.3. The lowest BCUT2D eigenvalue weighted by Crippen LogP contribution is -2.34. The predicted molar refractivity (Wildman–Crippen MR) is 64.3 cm³/mol. The molecule has 0 fully saturated rings. The first-order chi connectivity index (χ1) is 7.85. The van der Waals surface area contributed by atoms with E-state index in [1.54, 1.807) is 0 Å². The van der Waals surface area contributed by atoms with Gasteiger partial charge in [0.2, 0.25) is 0 Å². The van der Waals surface area contributed by atoms with E-state index >= 15 is 0 Å². The number of hydrogen-bond donors (Lipinski definition) is 2. The van der Waals surface area contributed by atoms with Crippen LogP contribution >= 0.6 is 0 Å². The van der Waals surface area contributed by atoms with Crippen LogP contribution in [-0.2, 0) is 0 Å². The van der Waals surface area contributed by atoms with Gasteiger partial charge in [0.1, 0.15) is 5.52 Å². The number of benzene rings is 1. The average Bonchev–Trinajstić information content (AvgIpc) is 2.72. The third-order valence-electron chi connectivity index (χ3n) is 2.35. The van der Waals surface area contributed by atoms with E-state index in [-0.39, 0.29) is 0 Å². The van der Waals surface area contributed by atoms with Crippen LogP contribution in [0.3, 0.4) is 0 Å². The molecule has 0 saturated carbocycles. The first-order valence-electron chi connectivity index (χ1n) is 5.36. The molecule has 4 N–H and O–H groups in total. The van der Waals surface area contributed by atoms with Gasteiger partial charge < -0.3 is 20.8 Å². The summed E-state index contributed by atoms with van der Waals surface area (Å²) < 4.78 is 5.64. The molecule has 0 saturated heterocycles. The van der Waals surface area contributed by atoms with Crippen molar-refractivity contribution in [2.45, 2.75) is 0 Å². The molecule has 86 valence electrons. The summed E-state index contributed by atoms with van der Waals surface area (Å²) in [4.78, 5) is 6.36. The summed E-state index contributed by atoms with van der Waals surface area (Å²) >= 11 is 0. The van der Waals surface area contributed by atoms with Crippen molar-refractivity contribution in [3.8, 4) is 0 Å². The van der Waals surface area contributed by atoms with Gasteiger partial charge >= 0.3 is 0 Å². The van der Waals surface area contributed by atoms with E-state index in [1.807, 2.05) is 29.2 Å².